The van der Waals surface area contributed by atoms with E-state index in [0.29, 0.717) is 11.1 Å². The van der Waals surface area contributed by atoms with Gasteiger partial charge in [-0.15, -0.1) is 23.6 Å². The number of carbonyl (C=O) groups is 1. The van der Waals surface area contributed by atoms with E-state index in [4.69, 9.17) is 0 Å². The van der Waals surface area contributed by atoms with Gasteiger partial charge in [-0.3, -0.25) is 9.78 Å². The van der Waals surface area contributed by atoms with Gasteiger partial charge in [0.15, 0.2) is 5.78 Å². The van der Waals surface area contributed by atoms with Crippen molar-refractivity contribution in [3.63, 3.8) is 0 Å². The predicted octanol–water partition coefficient (Wildman–Crippen LogP) is 11.4. The monoisotopic (exact) mass is 817 g/mol. The van der Waals surface area contributed by atoms with Gasteiger partial charge in [0, 0.05) is 48.9 Å². The number of hydrogen-bond acceptors (Lipinski definition) is 3. The van der Waals surface area contributed by atoms with Crippen LogP contribution in [0.5, 0.6) is 0 Å². The molecule has 1 heterocycles. The molecule has 0 saturated heterocycles. The van der Waals surface area contributed by atoms with Crippen LogP contribution in [0.4, 0.5) is 17.6 Å². The van der Waals surface area contributed by atoms with E-state index in [1.807, 2.05) is 71.9 Å². The van der Waals surface area contributed by atoms with Crippen molar-refractivity contribution in [1.82, 2.24) is 4.98 Å². The molecule has 0 aliphatic heterocycles. The van der Waals surface area contributed by atoms with E-state index >= 15 is 0 Å². The summed E-state index contributed by atoms with van der Waals surface area (Å²) in [5.74, 6) is -0.200. The number of nitrogens with zero attached hydrogens (tertiary/aromatic N) is 1. The normalized spacial score (nSPS) is 12.6. The molecule has 1 radical (unpaired) electrons. The molecule has 0 saturated carbocycles. The van der Waals surface area contributed by atoms with Gasteiger partial charge >= 0.3 is 6.18 Å². The van der Waals surface area contributed by atoms with Crippen LogP contribution in [0, 0.1) is 22.7 Å². The van der Waals surface area contributed by atoms with Crippen molar-refractivity contribution in [3.8, 4) is 11.3 Å². The minimum atomic E-state index is -4.51. The maximum Gasteiger partial charge on any atom is 0.403 e. The molecular weight excluding hydrogens is 783 g/mol. The molecule has 0 unspecified atom stereocenters. The van der Waals surface area contributed by atoms with Crippen LogP contribution in [0.15, 0.2) is 96.9 Å². The fraction of sp³-hybridized carbons (Fsp3) is 0.231. The number of rotatable bonds is 2. The van der Waals surface area contributed by atoms with E-state index in [1.165, 1.54) is 24.3 Å². The number of pyridine rings is 1. The number of aromatic nitrogens is 1. The molecule has 1 aromatic heterocycles. The van der Waals surface area contributed by atoms with Crippen LogP contribution in [-0.4, -0.2) is 15.9 Å². The number of allylic oxidation sites excluding steroid dienone is 2. The van der Waals surface area contributed by atoms with Crippen LogP contribution in [0.3, 0.4) is 0 Å². The Balaban J connectivity index is 0.000000307. The first-order valence-corrected chi connectivity index (χ1v) is 14.8. The second kappa shape index (κ2) is 13.2. The molecule has 0 bridgehead atoms. The molecule has 245 valence electrons. The zero-order valence-corrected chi connectivity index (χ0v) is 29.2. The Morgan fingerprint density at radius 1 is 0.745 bits per heavy atom. The summed E-state index contributed by atoms with van der Waals surface area (Å²) in [5.41, 5.74) is -0.752. The van der Waals surface area contributed by atoms with E-state index < -0.39 is 17.2 Å². The van der Waals surface area contributed by atoms with Crippen LogP contribution in [0.25, 0.3) is 54.3 Å². The minimum absolute atomic E-state index is 0. The second-order valence-electron chi connectivity index (χ2n) is 13.4. The molecule has 1 N–H and O–H groups in total. The quantitative estimate of drug-likeness (QED) is 0.0623. The van der Waals surface area contributed by atoms with Gasteiger partial charge in [0.2, 0.25) is 0 Å². The fourth-order valence-corrected chi connectivity index (χ4v) is 5.15. The Kier molecular flexibility index (Phi) is 10.0. The summed E-state index contributed by atoms with van der Waals surface area (Å²) in [5, 5.41) is 15.2. The van der Waals surface area contributed by atoms with E-state index in [1.54, 1.807) is 30.5 Å². The second-order valence-corrected chi connectivity index (χ2v) is 13.4. The Hall–Kier alpha value is -4.13. The van der Waals surface area contributed by atoms with Gasteiger partial charge in [0.1, 0.15) is 11.6 Å². The molecule has 0 amide bonds. The van der Waals surface area contributed by atoms with Gasteiger partial charge in [-0.1, -0.05) is 101 Å². The van der Waals surface area contributed by atoms with Gasteiger partial charge in [-0.2, -0.15) is 13.2 Å². The van der Waals surface area contributed by atoms with Gasteiger partial charge in [-0.25, -0.2) is 4.39 Å². The van der Waals surface area contributed by atoms with Crippen LogP contribution in [-0.2, 0) is 31.1 Å². The van der Waals surface area contributed by atoms with Crippen molar-refractivity contribution >= 4 is 48.9 Å². The maximum atomic E-state index is 13.9. The fourth-order valence-electron chi connectivity index (χ4n) is 5.15. The number of ketones is 1. The summed E-state index contributed by atoms with van der Waals surface area (Å²) >= 11 is 0. The van der Waals surface area contributed by atoms with Crippen LogP contribution >= 0.6 is 0 Å². The number of benzene rings is 5. The molecule has 6 aromatic rings. The van der Waals surface area contributed by atoms with Crippen LogP contribution < -0.4 is 0 Å². The number of fused-ring (bicyclic) bond motifs is 6. The number of halogens is 4. The number of aliphatic hydroxyl groups excluding tert-OH is 1. The van der Waals surface area contributed by atoms with E-state index in [0.717, 1.165) is 38.4 Å². The van der Waals surface area contributed by atoms with Gasteiger partial charge in [0.25, 0.3) is 0 Å². The first-order valence-electron chi connectivity index (χ1n) is 14.8. The Morgan fingerprint density at radius 3 is 2.00 bits per heavy atom. The van der Waals surface area contributed by atoms with Crippen molar-refractivity contribution in [1.29, 1.82) is 0 Å². The average Bonchev–Trinajstić information content (AvgIpc) is 2.98. The van der Waals surface area contributed by atoms with Gasteiger partial charge in [0.05, 0.1) is 0 Å². The summed E-state index contributed by atoms with van der Waals surface area (Å²) in [6.45, 7) is 11.1. The summed E-state index contributed by atoms with van der Waals surface area (Å²) in [6, 6.07) is 24.6. The third kappa shape index (κ3) is 7.55. The Bertz CT molecular complexity index is 2160. The average molecular weight is 817 g/mol. The molecule has 0 aliphatic carbocycles. The third-order valence-electron chi connectivity index (χ3n) is 7.83. The largest absolute Gasteiger partial charge is 0.512 e. The first-order chi connectivity index (χ1) is 21.4. The molecule has 0 spiro atoms. The molecule has 5 aromatic carbocycles. The molecule has 0 aliphatic rings. The van der Waals surface area contributed by atoms with Gasteiger partial charge in [-0.05, 0) is 56.1 Å². The maximum absolute atomic E-state index is 13.9. The molecule has 6 rings (SSSR count). The summed E-state index contributed by atoms with van der Waals surface area (Å²) in [4.78, 5) is 15.9. The van der Waals surface area contributed by atoms with Crippen molar-refractivity contribution in [2.45, 2.75) is 47.7 Å². The summed E-state index contributed by atoms with van der Waals surface area (Å²) in [7, 11) is 0. The third-order valence-corrected chi connectivity index (χ3v) is 7.83. The van der Waals surface area contributed by atoms with E-state index in [2.05, 4.69) is 11.1 Å². The first kappa shape index (κ1) is 35.7. The van der Waals surface area contributed by atoms with Crippen molar-refractivity contribution in [2.75, 3.05) is 0 Å². The zero-order chi connectivity index (χ0) is 33.6. The topological polar surface area (TPSA) is 50.2 Å². The van der Waals surface area contributed by atoms with Crippen LogP contribution in [0.2, 0.25) is 0 Å². The summed E-state index contributed by atoms with van der Waals surface area (Å²) < 4.78 is 55.2. The standard InChI is InChI=1S/C28H14F4N.C11H20O2.Ir/c29-19-6-8-20-17(14-19)5-7-23-22(20)9-10-25-24(23)11-12-33-27(25)18-13-16-3-1-2-4-21(16)26(15-18)28(30,31)32;1-10(2,3)8(12)7-9(13)11(4,5)6;/h1-12,14-15H;7,12H,1-6H3;/q-1;;/b;8-7-;. The number of carbonyl (C=O) groups excluding carboxylic acids is 1. The van der Waals surface area contributed by atoms with Crippen LogP contribution in [0.1, 0.15) is 47.1 Å². The summed E-state index contributed by atoms with van der Waals surface area (Å²) in [6.07, 6.45) is -1.57. The molecular formula is C39H34F4IrNO2-. The predicted molar refractivity (Wildman–Crippen MR) is 178 cm³/mol. The molecule has 8 heteroatoms. The number of hydrogen-bond donors (Lipinski definition) is 1. The smallest absolute Gasteiger partial charge is 0.403 e. The number of alkyl halides is 3. The molecule has 3 nitrogen and oxygen atoms in total. The SMILES string of the molecule is CC(C)(C)C(=O)/C=C(\O)C(C)(C)C.Fc1ccc2c(ccc3c4ccnc(-c5[c-]c6ccccc6c(C(F)(F)F)c5)c4ccc23)c1.[Ir]. The van der Waals surface area contributed by atoms with E-state index in [9.17, 15) is 27.5 Å². The van der Waals surface area contributed by atoms with Crippen molar-refractivity contribution in [2.24, 2.45) is 10.8 Å². The van der Waals surface area contributed by atoms with Gasteiger partial charge < -0.3 is 5.11 Å². The Morgan fingerprint density at radius 2 is 1.34 bits per heavy atom. The number of aliphatic hydroxyl groups is 1. The molecule has 0 atom stereocenters. The molecule has 0 fully saturated rings. The zero-order valence-electron chi connectivity index (χ0n) is 26.8. The minimum Gasteiger partial charge on any atom is -0.512 e. The van der Waals surface area contributed by atoms with Crippen molar-refractivity contribution in [3.05, 3.63) is 114 Å². The molecule has 47 heavy (non-hydrogen) atoms. The van der Waals surface area contributed by atoms with Crippen molar-refractivity contribution < 1.29 is 47.6 Å². The Labute approximate surface area is 284 Å². The van der Waals surface area contributed by atoms with E-state index in [-0.39, 0.29) is 53.8 Å².